The Morgan fingerprint density at radius 2 is 1.72 bits per heavy atom. The molecule has 0 aromatic heterocycles. The molecule has 0 aliphatic carbocycles. The molecular formula is C13H6Cl2F2O. The molecule has 0 amide bonds. The normalized spacial score (nSPS) is 10.4. The molecular weight excluding hydrogens is 281 g/mol. The first kappa shape index (κ1) is 13.0. The standard InChI is InChI=1S/C13H6Cl2F2O/c14-9-5-4-7(6-10(9)15)13(18)8-2-1-3-11(16)12(8)17/h1-6H. The van der Waals surface area contributed by atoms with Crippen molar-refractivity contribution in [3.8, 4) is 0 Å². The van der Waals surface area contributed by atoms with E-state index in [0.717, 1.165) is 6.07 Å². The molecule has 1 nitrogen and oxygen atoms in total. The molecule has 5 heteroatoms. The van der Waals surface area contributed by atoms with Gasteiger partial charge in [0.25, 0.3) is 0 Å². The van der Waals surface area contributed by atoms with Crippen LogP contribution in [0.3, 0.4) is 0 Å². The number of rotatable bonds is 2. The Hall–Kier alpha value is -1.45. The minimum absolute atomic E-state index is 0.147. The highest BCUT2D eigenvalue weighted by Gasteiger charge is 2.17. The highest BCUT2D eigenvalue weighted by Crippen LogP contribution is 2.24. The highest BCUT2D eigenvalue weighted by molar-refractivity contribution is 6.42. The van der Waals surface area contributed by atoms with Crippen LogP contribution in [0.5, 0.6) is 0 Å². The number of carbonyl (C=O) groups is 1. The van der Waals surface area contributed by atoms with Crippen LogP contribution in [0.4, 0.5) is 8.78 Å². The Labute approximate surface area is 112 Å². The van der Waals surface area contributed by atoms with Crippen molar-refractivity contribution in [3.63, 3.8) is 0 Å². The van der Waals surface area contributed by atoms with Gasteiger partial charge in [-0.05, 0) is 30.3 Å². The van der Waals surface area contributed by atoms with Crippen molar-refractivity contribution < 1.29 is 13.6 Å². The van der Waals surface area contributed by atoms with Gasteiger partial charge in [-0.25, -0.2) is 8.78 Å². The van der Waals surface area contributed by atoms with Crippen LogP contribution in [0.15, 0.2) is 36.4 Å². The van der Waals surface area contributed by atoms with Gasteiger partial charge in [-0.1, -0.05) is 29.3 Å². The summed E-state index contributed by atoms with van der Waals surface area (Å²) in [4.78, 5) is 12.0. The van der Waals surface area contributed by atoms with Crippen molar-refractivity contribution in [1.29, 1.82) is 0 Å². The van der Waals surface area contributed by atoms with Crippen molar-refractivity contribution >= 4 is 29.0 Å². The van der Waals surface area contributed by atoms with Crippen LogP contribution in [-0.4, -0.2) is 5.78 Å². The lowest BCUT2D eigenvalue weighted by Gasteiger charge is -2.04. The number of carbonyl (C=O) groups excluding carboxylic acids is 1. The van der Waals surface area contributed by atoms with Crippen molar-refractivity contribution in [1.82, 2.24) is 0 Å². The van der Waals surface area contributed by atoms with E-state index < -0.39 is 17.4 Å². The maximum absolute atomic E-state index is 13.5. The maximum atomic E-state index is 13.5. The molecule has 0 saturated carbocycles. The molecule has 0 heterocycles. The molecule has 0 unspecified atom stereocenters. The number of hydrogen-bond acceptors (Lipinski definition) is 1. The molecule has 2 aromatic rings. The molecule has 2 aromatic carbocycles. The van der Waals surface area contributed by atoms with E-state index in [9.17, 15) is 13.6 Å². The molecule has 0 N–H and O–H groups in total. The summed E-state index contributed by atoms with van der Waals surface area (Å²) in [5, 5.41) is 0.465. The quantitative estimate of drug-likeness (QED) is 0.743. The molecule has 0 radical (unpaired) electrons. The third-order valence-electron chi connectivity index (χ3n) is 2.38. The fourth-order valence-electron chi connectivity index (χ4n) is 1.47. The Morgan fingerprint density at radius 1 is 1.00 bits per heavy atom. The zero-order chi connectivity index (χ0) is 13.3. The first-order valence-corrected chi connectivity index (χ1v) is 5.70. The lowest BCUT2D eigenvalue weighted by Crippen LogP contribution is -2.05. The van der Waals surface area contributed by atoms with E-state index in [4.69, 9.17) is 23.2 Å². The van der Waals surface area contributed by atoms with Crippen LogP contribution in [0, 0.1) is 11.6 Å². The van der Waals surface area contributed by atoms with Gasteiger partial charge in [-0.3, -0.25) is 4.79 Å². The van der Waals surface area contributed by atoms with E-state index in [1.54, 1.807) is 0 Å². The van der Waals surface area contributed by atoms with E-state index in [-0.39, 0.29) is 21.2 Å². The molecule has 0 spiro atoms. The lowest BCUT2D eigenvalue weighted by atomic mass is 10.0. The summed E-state index contributed by atoms with van der Waals surface area (Å²) in [5.74, 6) is -2.89. The van der Waals surface area contributed by atoms with Gasteiger partial charge in [0.2, 0.25) is 0 Å². The zero-order valence-corrected chi connectivity index (χ0v) is 10.4. The van der Waals surface area contributed by atoms with Crippen LogP contribution >= 0.6 is 23.2 Å². The Bertz CT molecular complexity index is 626. The maximum Gasteiger partial charge on any atom is 0.196 e. The molecule has 0 aliphatic heterocycles. The van der Waals surface area contributed by atoms with Gasteiger partial charge in [0.05, 0.1) is 15.6 Å². The van der Waals surface area contributed by atoms with Crippen LogP contribution in [-0.2, 0) is 0 Å². The third kappa shape index (κ3) is 2.37. The van der Waals surface area contributed by atoms with Crippen LogP contribution < -0.4 is 0 Å². The SMILES string of the molecule is O=C(c1ccc(Cl)c(Cl)c1)c1cccc(F)c1F. The second-order valence-electron chi connectivity index (χ2n) is 3.56. The van der Waals surface area contributed by atoms with Crippen LogP contribution in [0.2, 0.25) is 10.0 Å². The number of hydrogen-bond donors (Lipinski definition) is 0. The van der Waals surface area contributed by atoms with Crippen LogP contribution in [0.1, 0.15) is 15.9 Å². The predicted molar refractivity (Wildman–Crippen MR) is 66.3 cm³/mol. The largest absolute Gasteiger partial charge is 0.288 e. The average Bonchev–Trinajstić information content (AvgIpc) is 2.35. The van der Waals surface area contributed by atoms with E-state index in [2.05, 4.69) is 0 Å². The number of halogens is 4. The summed E-state index contributed by atoms with van der Waals surface area (Å²) < 4.78 is 26.5. The van der Waals surface area contributed by atoms with Gasteiger partial charge in [-0.2, -0.15) is 0 Å². The molecule has 0 fully saturated rings. The summed E-state index contributed by atoms with van der Waals surface area (Å²) in [5.41, 5.74) is -0.192. The molecule has 0 aliphatic rings. The van der Waals surface area contributed by atoms with Crippen molar-refractivity contribution in [2.24, 2.45) is 0 Å². The molecule has 2 rings (SSSR count). The molecule has 0 saturated heterocycles. The Kier molecular flexibility index (Phi) is 3.64. The van der Waals surface area contributed by atoms with Crippen LogP contribution in [0.25, 0.3) is 0 Å². The van der Waals surface area contributed by atoms with Crippen molar-refractivity contribution in [3.05, 3.63) is 69.2 Å². The highest BCUT2D eigenvalue weighted by atomic mass is 35.5. The number of ketones is 1. The first-order chi connectivity index (χ1) is 8.50. The van der Waals surface area contributed by atoms with E-state index in [0.29, 0.717) is 0 Å². The predicted octanol–water partition coefficient (Wildman–Crippen LogP) is 4.50. The van der Waals surface area contributed by atoms with Gasteiger partial charge < -0.3 is 0 Å². The average molecular weight is 287 g/mol. The smallest absolute Gasteiger partial charge is 0.196 e. The fraction of sp³-hybridized carbons (Fsp3) is 0. The minimum atomic E-state index is -1.17. The summed E-state index contributed by atoms with van der Waals surface area (Å²) in [6.07, 6.45) is 0. The molecule has 0 bridgehead atoms. The summed E-state index contributed by atoms with van der Waals surface area (Å²) in [6, 6.07) is 7.57. The van der Waals surface area contributed by atoms with Gasteiger partial charge >= 0.3 is 0 Å². The van der Waals surface area contributed by atoms with Gasteiger partial charge in [0.15, 0.2) is 17.4 Å². The van der Waals surface area contributed by atoms with E-state index in [1.165, 1.54) is 30.3 Å². The fourth-order valence-corrected chi connectivity index (χ4v) is 1.77. The summed E-state index contributed by atoms with van der Waals surface area (Å²) in [6.45, 7) is 0. The monoisotopic (exact) mass is 286 g/mol. The molecule has 18 heavy (non-hydrogen) atoms. The van der Waals surface area contributed by atoms with Gasteiger partial charge in [-0.15, -0.1) is 0 Å². The summed E-state index contributed by atoms with van der Waals surface area (Å²) >= 11 is 11.5. The summed E-state index contributed by atoms with van der Waals surface area (Å²) in [7, 11) is 0. The first-order valence-electron chi connectivity index (χ1n) is 4.94. The molecule has 92 valence electrons. The lowest BCUT2D eigenvalue weighted by molar-refractivity contribution is 0.103. The van der Waals surface area contributed by atoms with E-state index >= 15 is 0 Å². The van der Waals surface area contributed by atoms with Gasteiger partial charge in [0, 0.05) is 5.56 Å². The second kappa shape index (κ2) is 5.04. The molecule has 0 atom stereocenters. The Balaban J connectivity index is 2.48. The second-order valence-corrected chi connectivity index (χ2v) is 4.37. The van der Waals surface area contributed by atoms with E-state index in [1.807, 2.05) is 0 Å². The third-order valence-corrected chi connectivity index (χ3v) is 3.12. The van der Waals surface area contributed by atoms with Gasteiger partial charge in [0.1, 0.15) is 0 Å². The van der Waals surface area contributed by atoms with Crippen molar-refractivity contribution in [2.75, 3.05) is 0 Å². The Morgan fingerprint density at radius 3 is 2.39 bits per heavy atom. The zero-order valence-electron chi connectivity index (χ0n) is 8.88. The topological polar surface area (TPSA) is 17.1 Å². The van der Waals surface area contributed by atoms with Crippen molar-refractivity contribution in [2.45, 2.75) is 0 Å². The minimum Gasteiger partial charge on any atom is -0.288 e. The number of benzene rings is 2.